The van der Waals surface area contributed by atoms with Crippen LogP contribution in [0.2, 0.25) is 0 Å². The Balaban J connectivity index is 0.00000192. The summed E-state index contributed by atoms with van der Waals surface area (Å²) in [7, 11) is 1.89. The van der Waals surface area contributed by atoms with E-state index in [1.165, 1.54) is 24.4 Å². The summed E-state index contributed by atoms with van der Waals surface area (Å²) >= 11 is 1.85. The zero-order valence-electron chi connectivity index (χ0n) is 13.9. The van der Waals surface area contributed by atoms with Gasteiger partial charge in [0.05, 0.1) is 0 Å². The first-order valence-electron chi connectivity index (χ1n) is 8.28. The van der Waals surface area contributed by atoms with Crippen LogP contribution >= 0.6 is 35.3 Å². The van der Waals surface area contributed by atoms with Gasteiger partial charge in [0.1, 0.15) is 0 Å². The van der Waals surface area contributed by atoms with Crippen molar-refractivity contribution in [2.75, 3.05) is 59.4 Å². The number of nitrogens with zero attached hydrogens (tertiary/aromatic N) is 4. The predicted octanol–water partition coefficient (Wildman–Crippen LogP) is 1.76. The van der Waals surface area contributed by atoms with E-state index in [1.807, 2.05) is 18.4 Å². The van der Waals surface area contributed by atoms with Gasteiger partial charge in [-0.2, -0.15) is 0 Å². The monoisotopic (exact) mass is 449 g/mol. The highest BCUT2D eigenvalue weighted by Crippen LogP contribution is 2.13. The highest BCUT2D eigenvalue weighted by Gasteiger charge is 2.20. The van der Waals surface area contributed by atoms with E-state index in [2.05, 4.69) is 42.5 Å². The second-order valence-corrected chi connectivity index (χ2v) is 7.04. The topological polar surface area (TPSA) is 34.1 Å². The molecule has 0 saturated carbocycles. The minimum Gasteiger partial charge on any atom is -0.355 e. The molecule has 1 aromatic heterocycles. The Morgan fingerprint density at radius 3 is 2.52 bits per heavy atom. The van der Waals surface area contributed by atoms with Crippen molar-refractivity contribution in [2.45, 2.75) is 13.0 Å². The predicted molar refractivity (Wildman–Crippen MR) is 109 cm³/mol. The standard InChI is InChI=1S/C16H27N5S.HI/c1-17-16(18-5-8-19-6-3-7-19)21-11-9-20(10-12-21)14-15-4-2-13-22-15;/h2,4,13H,3,5-12,14H2,1H3,(H,17,18);1H. The first kappa shape index (κ1) is 19.0. The van der Waals surface area contributed by atoms with Crippen LogP contribution in [0.5, 0.6) is 0 Å². The van der Waals surface area contributed by atoms with Crippen LogP contribution in [0, 0.1) is 0 Å². The average molecular weight is 449 g/mol. The van der Waals surface area contributed by atoms with Gasteiger partial charge in [-0.15, -0.1) is 35.3 Å². The molecule has 0 bridgehead atoms. The van der Waals surface area contributed by atoms with Crippen LogP contribution in [0.3, 0.4) is 0 Å². The summed E-state index contributed by atoms with van der Waals surface area (Å²) in [6, 6.07) is 4.37. The maximum atomic E-state index is 4.45. The summed E-state index contributed by atoms with van der Waals surface area (Å²) in [5.41, 5.74) is 0. The van der Waals surface area contributed by atoms with Gasteiger partial charge in [0.25, 0.3) is 0 Å². The van der Waals surface area contributed by atoms with Gasteiger partial charge in [0.15, 0.2) is 5.96 Å². The lowest BCUT2D eigenvalue weighted by Gasteiger charge is -2.37. The molecule has 2 aliphatic rings. The molecule has 130 valence electrons. The molecule has 2 fully saturated rings. The van der Waals surface area contributed by atoms with Crippen LogP contribution < -0.4 is 5.32 Å². The second-order valence-electron chi connectivity index (χ2n) is 6.01. The van der Waals surface area contributed by atoms with Gasteiger partial charge in [-0.05, 0) is 31.0 Å². The van der Waals surface area contributed by atoms with Crippen molar-refractivity contribution in [1.29, 1.82) is 0 Å². The minimum absolute atomic E-state index is 0. The molecule has 2 saturated heterocycles. The van der Waals surface area contributed by atoms with Crippen molar-refractivity contribution in [2.24, 2.45) is 4.99 Å². The highest BCUT2D eigenvalue weighted by atomic mass is 127. The van der Waals surface area contributed by atoms with Gasteiger partial charge < -0.3 is 15.1 Å². The second kappa shape index (κ2) is 9.80. The lowest BCUT2D eigenvalue weighted by Crippen LogP contribution is -2.53. The van der Waals surface area contributed by atoms with E-state index in [1.54, 1.807) is 0 Å². The third-order valence-corrected chi connectivity index (χ3v) is 5.36. The van der Waals surface area contributed by atoms with Crippen LogP contribution in [-0.2, 0) is 6.54 Å². The third-order valence-electron chi connectivity index (χ3n) is 4.50. The number of likely N-dealkylation sites (tertiary alicyclic amines) is 1. The Hall–Kier alpha value is -0.380. The molecule has 0 unspecified atom stereocenters. The van der Waals surface area contributed by atoms with E-state index in [-0.39, 0.29) is 24.0 Å². The first-order chi connectivity index (χ1) is 10.8. The first-order valence-corrected chi connectivity index (χ1v) is 9.16. The van der Waals surface area contributed by atoms with E-state index in [4.69, 9.17) is 0 Å². The Morgan fingerprint density at radius 1 is 1.17 bits per heavy atom. The van der Waals surface area contributed by atoms with Crippen LogP contribution in [0.1, 0.15) is 11.3 Å². The quantitative estimate of drug-likeness (QED) is 0.422. The Bertz CT molecular complexity index is 467. The minimum atomic E-state index is 0. The molecule has 0 aromatic carbocycles. The average Bonchev–Trinajstić information content (AvgIpc) is 3.00. The fourth-order valence-corrected chi connectivity index (χ4v) is 3.75. The van der Waals surface area contributed by atoms with Crippen LogP contribution in [0.4, 0.5) is 0 Å². The Labute approximate surface area is 160 Å². The number of rotatable bonds is 5. The Morgan fingerprint density at radius 2 is 1.96 bits per heavy atom. The van der Waals surface area contributed by atoms with Crippen LogP contribution in [0.15, 0.2) is 22.5 Å². The normalized spacial score (nSPS) is 20.0. The zero-order valence-corrected chi connectivity index (χ0v) is 17.1. The zero-order chi connectivity index (χ0) is 15.2. The van der Waals surface area contributed by atoms with E-state index in [0.29, 0.717) is 0 Å². The van der Waals surface area contributed by atoms with E-state index < -0.39 is 0 Å². The maximum absolute atomic E-state index is 4.45. The third kappa shape index (κ3) is 5.58. The van der Waals surface area contributed by atoms with Gasteiger partial charge in [-0.25, -0.2) is 0 Å². The van der Waals surface area contributed by atoms with Crippen molar-refractivity contribution in [3.05, 3.63) is 22.4 Å². The van der Waals surface area contributed by atoms with Gasteiger partial charge in [0, 0.05) is 57.7 Å². The van der Waals surface area contributed by atoms with Gasteiger partial charge >= 0.3 is 0 Å². The number of guanidine groups is 1. The van der Waals surface area contributed by atoms with Crippen molar-refractivity contribution in [1.82, 2.24) is 20.0 Å². The molecule has 0 amide bonds. The molecule has 1 N–H and O–H groups in total. The molecule has 0 spiro atoms. The fourth-order valence-electron chi connectivity index (χ4n) is 3.00. The van der Waals surface area contributed by atoms with E-state index in [9.17, 15) is 0 Å². The number of piperazine rings is 1. The summed E-state index contributed by atoms with van der Waals surface area (Å²) in [5, 5.41) is 5.68. The molecule has 5 nitrogen and oxygen atoms in total. The highest BCUT2D eigenvalue weighted by molar-refractivity contribution is 14.0. The molecule has 23 heavy (non-hydrogen) atoms. The summed E-state index contributed by atoms with van der Waals surface area (Å²) in [6.07, 6.45) is 1.36. The smallest absolute Gasteiger partial charge is 0.193 e. The number of halogens is 1. The van der Waals surface area contributed by atoms with Crippen molar-refractivity contribution in [3.8, 4) is 0 Å². The number of thiophene rings is 1. The van der Waals surface area contributed by atoms with Crippen molar-refractivity contribution >= 4 is 41.3 Å². The summed E-state index contributed by atoms with van der Waals surface area (Å²) in [6.45, 7) is 10.1. The van der Waals surface area contributed by atoms with Gasteiger partial charge in [0.2, 0.25) is 0 Å². The molecule has 0 atom stereocenters. The van der Waals surface area contributed by atoms with E-state index in [0.717, 1.165) is 51.8 Å². The lowest BCUT2D eigenvalue weighted by atomic mass is 10.2. The molecular formula is C16H28IN5S. The molecule has 2 aliphatic heterocycles. The summed E-state index contributed by atoms with van der Waals surface area (Å²) in [4.78, 5) is 13.3. The maximum Gasteiger partial charge on any atom is 0.193 e. The fraction of sp³-hybridized carbons (Fsp3) is 0.688. The van der Waals surface area contributed by atoms with Crippen molar-refractivity contribution in [3.63, 3.8) is 0 Å². The molecular weight excluding hydrogens is 421 g/mol. The van der Waals surface area contributed by atoms with Crippen LogP contribution in [0.25, 0.3) is 0 Å². The number of nitrogens with one attached hydrogen (secondary N) is 1. The number of aliphatic imine (C=N–C) groups is 1. The Kier molecular flexibility index (Phi) is 8.08. The molecule has 3 rings (SSSR count). The summed E-state index contributed by atoms with van der Waals surface area (Å²) in [5.74, 6) is 1.07. The molecule has 7 heteroatoms. The van der Waals surface area contributed by atoms with Gasteiger partial charge in [-0.3, -0.25) is 9.89 Å². The molecule has 0 radical (unpaired) electrons. The molecule has 3 heterocycles. The number of hydrogen-bond acceptors (Lipinski definition) is 4. The number of hydrogen-bond donors (Lipinski definition) is 1. The largest absolute Gasteiger partial charge is 0.355 e. The van der Waals surface area contributed by atoms with Gasteiger partial charge in [-0.1, -0.05) is 6.07 Å². The summed E-state index contributed by atoms with van der Waals surface area (Å²) < 4.78 is 0. The molecule has 0 aliphatic carbocycles. The lowest BCUT2D eigenvalue weighted by molar-refractivity contribution is 0.170. The van der Waals surface area contributed by atoms with Crippen molar-refractivity contribution < 1.29 is 0 Å². The molecule has 1 aromatic rings. The van der Waals surface area contributed by atoms with E-state index >= 15 is 0 Å². The SMILES string of the molecule is CN=C(NCCN1CCC1)N1CCN(Cc2cccs2)CC1.I. The van der Waals surface area contributed by atoms with Crippen LogP contribution in [-0.4, -0.2) is 80.1 Å².